The zero-order chi connectivity index (χ0) is 44.4. The van der Waals surface area contributed by atoms with Crippen LogP contribution in [0, 0.1) is 0 Å². The molecular weight excluding hydrogens is 755 g/mol. The molecule has 0 heterocycles. The van der Waals surface area contributed by atoms with E-state index in [1.54, 1.807) is 0 Å². The Balaban J connectivity index is 3.40. The van der Waals surface area contributed by atoms with E-state index in [4.69, 9.17) is 4.74 Å². The lowest BCUT2D eigenvalue weighted by Crippen LogP contribution is -2.45. The molecule has 0 saturated heterocycles. The molecule has 362 valence electrons. The van der Waals surface area contributed by atoms with E-state index in [1.807, 2.05) is 0 Å². The first-order chi connectivity index (χ1) is 30.0. The number of aliphatic hydroxyl groups excluding tert-OH is 2. The molecule has 61 heavy (non-hydrogen) atoms. The van der Waals surface area contributed by atoms with Crippen LogP contribution in [0.1, 0.15) is 303 Å². The van der Waals surface area contributed by atoms with Crippen molar-refractivity contribution < 1.29 is 24.5 Å². The number of carbonyl (C=O) groups excluding carboxylic acids is 2. The predicted octanol–water partition coefficient (Wildman–Crippen LogP) is 16.5. The topological polar surface area (TPSA) is 95.9 Å². The van der Waals surface area contributed by atoms with Gasteiger partial charge in [0.05, 0.1) is 25.4 Å². The van der Waals surface area contributed by atoms with Gasteiger partial charge in [0.1, 0.15) is 0 Å². The van der Waals surface area contributed by atoms with Crippen LogP contribution in [0.2, 0.25) is 0 Å². The van der Waals surface area contributed by atoms with E-state index in [1.165, 1.54) is 218 Å². The smallest absolute Gasteiger partial charge is 0.305 e. The molecule has 0 aliphatic carbocycles. The normalized spacial score (nSPS) is 12.7. The first kappa shape index (κ1) is 59.6. The first-order valence-electron chi connectivity index (χ1n) is 27.4. The van der Waals surface area contributed by atoms with Gasteiger partial charge in [0.2, 0.25) is 5.91 Å². The summed E-state index contributed by atoms with van der Waals surface area (Å²) in [6, 6.07) is -0.549. The van der Waals surface area contributed by atoms with Crippen molar-refractivity contribution >= 4 is 11.9 Å². The van der Waals surface area contributed by atoms with E-state index in [0.29, 0.717) is 25.9 Å². The van der Waals surface area contributed by atoms with Gasteiger partial charge in [-0.2, -0.15) is 0 Å². The number of ether oxygens (including phenoxy) is 1. The number of rotatable bonds is 51. The van der Waals surface area contributed by atoms with Crippen molar-refractivity contribution in [3.8, 4) is 0 Å². The minimum absolute atomic E-state index is 0.00649. The average molecular weight is 862 g/mol. The van der Waals surface area contributed by atoms with Crippen LogP contribution in [0.3, 0.4) is 0 Å². The van der Waals surface area contributed by atoms with Crippen molar-refractivity contribution in [1.82, 2.24) is 5.32 Å². The van der Waals surface area contributed by atoms with Crippen molar-refractivity contribution in [2.45, 2.75) is 315 Å². The van der Waals surface area contributed by atoms with Gasteiger partial charge in [0.15, 0.2) is 0 Å². The number of hydrogen-bond donors (Lipinski definition) is 3. The van der Waals surface area contributed by atoms with Gasteiger partial charge in [0, 0.05) is 12.8 Å². The van der Waals surface area contributed by atoms with E-state index in [2.05, 4.69) is 31.3 Å². The van der Waals surface area contributed by atoms with E-state index in [9.17, 15) is 19.8 Å². The number of unbranched alkanes of at least 4 members (excludes halogenated alkanes) is 38. The molecular formula is C55H107NO5. The maximum absolute atomic E-state index is 12.4. The molecule has 2 unspecified atom stereocenters. The summed E-state index contributed by atoms with van der Waals surface area (Å²) in [7, 11) is 0. The van der Waals surface area contributed by atoms with Crippen molar-refractivity contribution in [2.75, 3.05) is 13.2 Å². The predicted molar refractivity (Wildman–Crippen MR) is 264 cm³/mol. The Labute approximate surface area is 380 Å². The molecule has 1 amide bonds. The van der Waals surface area contributed by atoms with Crippen molar-refractivity contribution in [2.24, 2.45) is 0 Å². The highest BCUT2D eigenvalue weighted by Gasteiger charge is 2.20. The van der Waals surface area contributed by atoms with Crippen LogP contribution in [-0.2, 0) is 14.3 Å². The van der Waals surface area contributed by atoms with Crippen LogP contribution in [0.15, 0.2) is 12.2 Å². The van der Waals surface area contributed by atoms with Crippen molar-refractivity contribution in [3.63, 3.8) is 0 Å². The highest BCUT2D eigenvalue weighted by atomic mass is 16.5. The molecule has 0 aromatic carbocycles. The monoisotopic (exact) mass is 862 g/mol. The van der Waals surface area contributed by atoms with Gasteiger partial charge in [-0.3, -0.25) is 9.59 Å². The largest absolute Gasteiger partial charge is 0.466 e. The molecule has 0 fully saturated rings. The summed E-state index contributed by atoms with van der Waals surface area (Å²) < 4.78 is 5.48. The fourth-order valence-electron chi connectivity index (χ4n) is 8.58. The van der Waals surface area contributed by atoms with Gasteiger partial charge in [-0.25, -0.2) is 0 Å². The lowest BCUT2D eigenvalue weighted by molar-refractivity contribution is -0.143. The Bertz CT molecular complexity index is 909. The molecule has 0 radical (unpaired) electrons. The molecule has 0 aliphatic rings. The number of esters is 1. The molecule has 3 N–H and O–H groups in total. The third kappa shape index (κ3) is 47.9. The van der Waals surface area contributed by atoms with Gasteiger partial charge < -0.3 is 20.3 Å². The Morgan fingerprint density at radius 1 is 0.443 bits per heavy atom. The Morgan fingerprint density at radius 3 is 1.16 bits per heavy atom. The molecule has 0 saturated carbocycles. The van der Waals surface area contributed by atoms with E-state index in [-0.39, 0.29) is 18.5 Å². The molecule has 0 aliphatic heterocycles. The molecule has 0 aromatic heterocycles. The third-order valence-electron chi connectivity index (χ3n) is 12.8. The second kappa shape index (κ2) is 51.2. The minimum atomic E-state index is -0.670. The maximum Gasteiger partial charge on any atom is 0.305 e. The van der Waals surface area contributed by atoms with Crippen LogP contribution < -0.4 is 5.32 Å². The summed E-state index contributed by atoms with van der Waals surface area (Å²) in [5, 5.41) is 23.1. The lowest BCUT2D eigenvalue weighted by atomic mass is 10.0. The SMILES string of the molecule is CCCCCCCCCCCCCCCCCCC(=O)OCCCCCCCCCCC/C=C\CCCCCCCC(=O)NC(CO)C(O)CCCCCCCCCCCC. The standard InChI is InChI=1S/C55H107NO5/c1-3-5-7-9-11-13-15-16-17-23-26-29-33-37-41-45-49-55(60)61-50-46-42-38-34-30-27-24-21-19-18-20-22-25-28-32-36-40-44-48-54(59)56-52(51-57)53(58)47-43-39-35-31-14-12-10-8-6-4-2/h20,22,52-53,57-58H,3-19,21,23-51H2,1-2H3,(H,56,59)/b22-20-. The number of carbonyl (C=O) groups is 2. The summed E-state index contributed by atoms with van der Waals surface area (Å²) in [5.41, 5.74) is 0. The summed E-state index contributed by atoms with van der Waals surface area (Å²) in [6.45, 7) is 4.93. The number of hydrogen-bond acceptors (Lipinski definition) is 5. The van der Waals surface area contributed by atoms with Gasteiger partial charge in [-0.05, 0) is 51.4 Å². The second-order valence-electron chi connectivity index (χ2n) is 18.9. The molecule has 0 rings (SSSR count). The molecule has 6 heteroatoms. The van der Waals surface area contributed by atoms with Gasteiger partial charge in [-0.1, -0.05) is 251 Å². The summed E-state index contributed by atoms with van der Waals surface area (Å²) in [6.07, 6.45) is 59.1. The van der Waals surface area contributed by atoms with Gasteiger partial charge >= 0.3 is 5.97 Å². The molecule has 2 atom stereocenters. The van der Waals surface area contributed by atoms with E-state index >= 15 is 0 Å². The Kier molecular flexibility index (Phi) is 50.1. The minimum Gasteiger partial charge on any atom is -0.466 e. The van der Waals surface area contributed by atoms with Gasteiger partial charge in [0.25, 0.3) is 0 Å². The summed E-state index contributed by atoms with van der Waals surface area (Å²) in [4.78, 5) is 24.5. The van der Waals surface area contributed by atoms with Crippen LogP contribution in [0.25, 0.3) is 0 Å². The average Bonchev–Trinajstić information content (AvgIpc) is 3.26. The zero-order valence-electron chi connectivity index (χ0n) is 41.2. The zero-order valence-corrected chi connectivity index (χ0v) is 41.2. The van der Waals surface area contributed by atoms with E-state index in [0.717, 1.165) is 51.4 Å². The van der Waals surface area contributed by atoms with Crippen molar-refractivity contribution in [3.05, 3.63) is 12.2 Å². The summed E-state index contributed by atoms with van der Waals surface area (Å²) >= 11 is 0. The number of nitrogens with one attached hydrogen (secondary N) is 1. The molecule has 0 spiro atoms. The highest BCUT2D eigenvalue weighted by Crippen LogP contribution is 2.17. The van der Waals surface area contributed by atoms with Crippen LogP contribution in [0.5, 0.6) is 0 Å². The lowest BCUT2D eigenvalue weighted by Gasteiger charge is -2.22. The van der Waals surface area contributed by atoms with Crippen molar-refractivity contribution in [1.29, 1.82) is 0 Å². The van der Waals surface area contributed by atoms with Crippen LogP contribution in [0.4, 0.5) is 0 Å². The van der Waals surface area contributed by atoms with Gasteiger partial charge in [-0.15, -0.1) is 0 Å². The molecule has 6 nitrogen and oxygen atoms in total. The quantitative estimate of drug-likeness (QED) is 0.0322. The fraction of sp³-hybridized carbons (Fsp3) is 0.927. The number of aliphatic hydroxyl groups is 2. The maximum atomic E-state index is 12.4. The van der Waals surface area contributed by atoms with Crippen LogP contribution in [-0.4, -0.2) is 47.4 Å². The number of allylic oxidation sites excluding steroid dienone is 2. The Hall–Kier alpha value is -1.40. The molecule has 0 aromatic rings. The number of amides is 1. The second-order valence-corrected chi connectivity index (χ2v) is 18.9. The van der Waals surface area contributed by atoms with Crippen LogP contribution >= 0.6 is 0 Å². The Morgan fingerprint density at radius 2 is 0.770 bits per heavy atom. The van der Waals surface area contributed by atoms with E-state index < -0.39 is 12.1 Å². The first-order valence-corrected chi connectivity index (χ1v) is 27.4. The highest BCUT2D eigenvalue weighted by molar-refractivity contribution is 5.76. The fourth-order valence-corrected chi connectivity index (χ4v) is 8.58. The summed E-state index contributed by atoms with van der Waals surface area (Å²) in [5.74, 6) is -0.0438. The molecule has 0 bridgehead atoms. The third-order valence-corrected chi connectivity index (χ3v) is 12.8.